The number of hydrogen-bond acceptors (Lipinski definition) is 5. The van der Waals surface area contributed by atoms with Gasteiger partial charge in [0.2, 0.25) is 0 Å². The second-order valence-electron chi connectivity index (χ2n) is 4.09. The minimum atomic E-state index is 0.584. The second kappa shape index (κ2) is 4.90. The van der Waals surface area contributed by atoms with Crippen molar-refractivity contribution >= 4 is 51.3 Å². The zero-order valence-corrected chi connectivity index (χ0v) is 13.3. The maximum Gasteiger partial charge on any atom is 0.191 e. The molecule has 1 fully saturated rings. The van der Waals surface area contributed by atoms with E-state index in [1.54, 1.807) is 6.20 Å². The monoisotopic (exact) mass is 392 g/mol. The van der Waals surface area contributed by atoms with Crippen molar-refractivity contribution in [3.8, 4) is 10.8 Å². The largest absolute Gasteiger partial charge is 0.372 e. The second-order valence-corrected chi connectivity index (χ2v) is 6.83. The van der Waals surface area contributed by atoms with Gasteiger partial charge in [-0.3, -0.25) is 0 Å². The van der Waals surface area contributed by atoms with Crippen molar-refractivity contribution in [3.05, 3.63) is 19.8 Å². The number of thiazole rings is 1. The SMILES string of the molecule is CNc1nc(-c2ncc(Cl)s2)nc(C2CC2)c1I. The van der Waals surface area contributed by atoms with Crippen molar-refractivity contribution < 1.29 is 0 Å². The van der Waals surface area contributed by atoms with Crippen LogP contribution in [0.4, 0.5) is 5.82 Å². The Hall–Kier alpha value is -0.470. The number of anilines is 1. The average Bonchev–Trinajstić information content (AvgIpc) is 3.12. The van der Waals surface area contributed by atoms with Gasteiger partial charge in [0, 0.05) is 13.0 Å². The van der Waals surface area contributed by atoms with Crippen molar-refractivity contribution in [2.75, 3.05) is 12.4 Å². The Kier molecular flexibility index (Phi) is 3.42. The number of rotatable bonds is 3. The van der Waals surface area contributed by atoms with Crippen molar-refractivity contribution in [2.45, 2.75) is 18.8 Å². The van der Waals surface area contributed by atoms with Crippen LogP contribution in [-0.4, -0.2) is 22.0 Å². The lowest BCUT2D eigenvalue weighted by atomic mass is 10.2. The van der Waals surface area contributed by atoms with E-state index in [9.17, 15) is 0 Å². The standard InChI is InChI=1S/C11H10ClIN4S/c1-14-9-7(13)8(5-2-3-5)16-10(17-9)11-15-4-6(12)18-11/h4-5H,2-3H2,1H3,(H,14,16,17). The molecule has 3 rings (SSSR count). The first kappa shape index (κ1) is 12.6. The summed E-state index contributed by atoms with van der Waals surface area (Å²) in [4.78, 5) is 13.4. The molecule has 1 saturated carbocycles. The van der Waals surface area contributed by atoms with Crippen LogP contribution in [0.2, 0.25) is 4.34 Å². The Labute approximate surface area is 127 Å². The molecule has 1 aliphatic rings. The van der Waals surface area contributed by atoms with Gasteiger partial charge in [0.15, 0.2) is 10.8 Å². The van der Waals surface area contributed by atoms with Crippen LogP contribution in [0.15, 0.2) is 6.20 Å². The van der Waals surface area contributed by atoms with Crippen molar-refractivity contribution in [3.63, 3.8) is 0 Å². The molecule has 1 N–H and O–H groups in total. The summed E-state index contributed by atoms with van der Waals surface area (Å²) in [6.07, 6.45) is 4.07. The van der Waals surface area contributed by atoms with E-state index in [1.165, 1.54) is 24.2 Å². The zero-order chi connectivity index (χ0) is 12.7. The molecule has 1 aliphatic carbocycles. The van der Waals surface area contributed by atoms with Crippen LogP contribution in [0, 0.1) is 3.57 Å². The Morgan fingerprint density at radius 2 is 2.22 bits per heavy atom. The van der Waals surface area contributed by atoms with E-state index in [2.05, 4.69) is 42.9 Å². The molecule has 18 heavy (non-hydrogen) atoms. The Morgan fingerprint density at radius 3 is 2.78 bits per heavy atom. The van der Waals surface area contributed by atoms with Crippen LogP contribution in [-0.2, 0) is 0 Å². The molecule has 2 heterocycles. The van der Waals surface area contributed by atoms with Gasteiger partial charge in [0.1, 0.15) is 10.2 Å². The van der Waals surface area contributed by atoms with Gasteiger partial charge in [-0.2, -0.15) is 0 Å². The van der Waals surface area contributed by atoms with E-state index in [0.717, 1.165) is 20.1 Å². The molecule has 0 radical (unpaired) electrons. The maximum atomic E-state index is 5.91. The molecular weight excluding hydrogens is 383 g/mol. The number of nitrogens with zero attached hydrogens (tertiary/aromatic N) is 3. The highest BCUT2D eigenvalue weighted by molar-refractivity contribution is 14.1. The predicted molar refractivity (Wildman–Crippen MR) is 82.4 cm³/mol. The van der Waals surface area contributed by atoms with Crippen LogP contribution >= 0.6 is 45.5 Å². The quantitative estimate of drug-likeness (QED) is 0.808. The van der Waals surface area contributed by atoms with Crippen LogP contribution in [0.1, 0.15) is 24.5 Å². The van der Waals surface area contributed by atoms with Crippen molar-refractivity contribution in [2.24, 2.45) is 0 Å². The van der Waals surface area contributed by atoms with Gasteiger partial charge in [-0.25, -0.2) is 15.0 Å². The summed E-state index contributed by atoms with van der Waals surface area (Å²) in [5.74, 6) is 2.12. The molecule has 0 unspecified atom stereocenters. The summed E-state index contributed by atoms with van der Waals surface area (Å²) in [6, 6.07) is 0. The van der Waals surface area contributed by atoms with Gasteiger partial charge in [0.05, 0.1) is 15.5 Å². The van der Waals surface area contributed by atoms with E-state index < -0.39 is 0 Å². The van der Waals surface area contributed by atoms with Crippen LogP contribution < -0.4 is 5.32 Å². The number of hydrogen-bond donors (Lipinski definition) is 1. The third-order valence-electron chi connectivity index (χ3n) is 2.75. The van der Waals surface area contributed by atoms with Crippen molar-refractivity contribution in [1.82, 2.24) is 15.0 Å². The zero-order valence-electron chi connectivity index (χ0n) is 9.57. The summed E-state index contributed by atoms with van der Waals surface area (Å²) in [5.41, 5.74) is 1.14. The van der Waals surface area contributed by atoms with E-state index >= 15 is 0 Å². The normalized spacial score (nSPS) is 14.8. The average molecular weight is 393 g/mol. The Bertz CT molecular complexity index is 597. The lowest BCUT2D eigenvalue weighted by Gasteiger charge is -2.09. The molecule has 94 valence electrons. The summed E-state index contributed by atoms with van der Waals surface area (Å²) in [6.45, 7) is 0. The molecular formula is C11H10ClIN4S. The van der Waals surface area contributed by atoms with Gasteiger partial charge in [-0.05, 0) is 35.4 Å². The van der Waals surface area contributed by atoms with Gasteiger partial charge in [-0.1, -0.05) is 22.9 Å². The summed E-state index contributed by atoms with van der Waals surface area (Å²) < 4.78 is 1.77. The molecule has 2 aromatic heterocycles. The minimum absolute atomic E-state index is 0.584. The van der Waals surface area contributed by atoms with Gasteiger partial charge < -0.3 is 5.32 Å². The molecule has 0 spiro atoms. The third-order valence-corrected chi connectivity index (χ3v) is 4.92. The van der Waals surface area contributed by atoms with Gasteiger partial charge >= 0.3 is 0 Å². The predicted octanol–water partition coefficient (Wildman–Crippen LogP) is 3.78. The topological polar surface area (TPSA) is 50.7 Å². The lowest BCUT2D eigenvalue weighted by Crippen LogP contribution is -2.04. The third kappa shape index (κ3) is 2.33. The number of aromatic nitrogens is 3. The molecule has 2 aromatic rings. The fraction of sp³-hybridized carbons (Fsp3) is 0.364. The minimum Gasteiger partial charge on any atom is -0.372 e. The van der Waals surface area contributed by atoms with Gasteiger partial charge in [0.25, 0.3) is 0 Å². The van der Waals surface area contributed by atoms with Gasteiger partial charge in [-0.15, -0.1) is 0 Å². The highest BCUT2D eigenvalue weighted by Crippen LogP contribution is 2.43. The molecule has 0 amide bonds. The lowest BCUT2D eigenvalue weighted by molar-refractivity contribution is 0.977. The summed E-state index contributed by atoms with van der Waals surface area (Å²) in [5, 5.41) is 3.89. The summed E-state index contributed by atoms with van der Waals surface area (Å²) >= 11 is 9.63. The van der Waals surface area contributed by atoms with Crippen LogP contribution in [0.25, 0.3) is 10.8 Å². The van der Waals surface area contributed by atoms with Crippen LogP contribution in [0.5, 0.6) is 0 Å². The summed E-state index contributed by atoms with van der Waals surface area (Å²) in [7, 11) is 1.87. The van der Waals surface area contributed by atoms with Crippen LogP contribution in [0.3, 0.4) is 0 Å². The molecule has 0 saturated heterocycles. The fourth-order valence-electron chi connectivity index (χ4n) is 1.71. The van der Waals surface area contributed by atoms with Crippen molar-refractivity contribution in [1.29, 1.82) is 0 Å². The smallest absolute Gasteiger partial charge is 0.191 e. The highest BCUT2D eigenvalue weighted by atomic mass is 127. The fourth-order valence-corrected chi connectivity index (χ4v) is 3.51. The first-order valence-corrected chi connectivity index (χ1v) is 7.83. The first-order chi connectivity index (χ1) is 8.69. The number of nitrogens with one attached hydrogen (secondary N) is 1. The highest BCUT2D eigenvalue weighted by Gasteiger charge is 2.29. The van der Waals surface area contributed by atoms with E-state index in [-0.39, 0.29) is 0 Å². The van der Waals surface area contributed by atoms with E-state index in [4.69, 9.17) is 11.6 Å². The maximum absolute atomic E-state index is 5.91. The molecule has 0 bridgehead atoms. The molecule has 0 aliphatic heterocycles. The molecule has 0 aromatic carbocycles. The first-order valence-electron chi connectivity index (χ1n) is 5.56. The van der Waals surface area contributed by atoms with E-state index in [0.29, 0.717) is 16.1 Å². The molecule has 7 heteroatoms. The number of halogens is 2. The Morgan fingerprint density at radius 1 is 1.44 bits per heavy atom. The van der Waals surface area contributed by atoms with E-state index in [1.807, 2.05) is 7.05 Å². The Balaban J connectivity index is 2.12. The molecule has 4 nitrogen and oxygen atoms in total. The molecule has 0 atom stereocenters.